The lowest BCUT2D eigenvalue weighted by atomic mass is 9.86. The average molecular weight is 284 g/mol. The number of thiazole rings is 1. The van der Waals surface area contributed by atoms with Crippen molar-refractivity contribution in [3.05, 3.63) is 16.1 Å². The molecule has 2 N–H and O–H groups in total. The van der Waals surface area contributed by atoms with Gasteiger partial charge in [-0.15, -0.1) is 11.3 Å². The summed E-state index contributed by atoms with van der Waals surface area (Å²) in [6.07, 6.45) is 6.62. The van der Waals surface area contributed by atoms with Gasteiger partial charge < -0.3 is 15.2 Å². The third-order valence-corrected chi connectivity index (χ3v) is 5.00. The first-order chi connectivity index (χ1) is 9.17. The zero-order chi connectivity index (χ0) is 13.7. The third-order valence-electron chi connectivity index (χ3n) is 3.84. The Bertz CT molecular complexity index is 385. The first-order valence-corrected chi connectivity index (χ1v) is 7.78. The lowest BCUT2D eigenvalue weighted by molar-refractivity contribution is 0.0971. The maximum Gasteiger partial charge on any atom is 0.0959 e. The molecule has 2 rings (SSSR count). The maximum absolute atomic E-state index is 9.14. The van der Waals surface area contributed by atoms with Crippen LogP contribution in [0.15, 0.2) is 6.20 Å². The SMILES string of the molecule is COCC(C)(CCO)NCc1cnc(C2CCC2)s1. The van der Waals surface area contributed by atoms with Crippen molar-refractivity contribution in [2.75, 3.05) is 20.3 Å². The van der Waals surface area contributed by atoms with Crippen molar-refractivity contribution in [2.45, 2.75) is 50.6 Å². The number of nitrogens with one attached hydrogen (secondary N) is 1. The molecule has 1 aromatic heterocycles. The molecule has 0 bridgehead atoms. The molecule has 5 heteroatoms. The van der Waals surface area contributed by atoms with Gasteiger partial charge in [0.25, 0.3) is 0 Å². The van der Waals surface area contributed by atoms with Gasteiger partial charge in [-0.05, 0) is 26.2 Å². The summed E-state index contributed by atoms with van der Waals surface area (Å²) in [5.74, 6) is 0.710. The third kappa shape index (κ3) is 3.99. The summed E-state index contributed by atoms with van der Waals surface area (Å²) < 4.78 is 5.23. The largest absolute Gasteiger partial charge is 0.396 e. The van der Waals surface area contributed by atoms with Crippen LogP contribution in [0, 0.1) is 0 Å². The topological polar surface area (TPSA) is 54.4 Å². The van der Waals surface area contributed by atoms with Crippen LogP contribution < -0.4 is 5.32 Å². The number of hydrogen-bond donors (Lipinski definition) is 2. The smallest absolute Gasteiger partial charge is 0.0959 e. The molecule has 1 unspecified atom stereocenters. The second-order valence-electron chi connectivity index (χ2n) is 5.61. The van der Waals surface area contributed by atoms with Crippen molar-refractivity contribution in [2.24, 2.45) is 0 Å². The fourth-order valence-electron chi connectivity index (χ4n) is 2.33. The van der Waals surface area contributed by atoms with E-state index in [0.29, 0.717) is 18.9 Å². The van der Waals surface area contributed by atoms with Gasteiger partial charge in [-0.25, -0.2) is 4.98 Å². The molecule has 1 saturated carbocycles. The molecule has 0 saturated heterocycles. The average Bonchev–Trinajstić information content (AvgIpc) is 2.73. The second-order valence-corrected chi connectivity index (χ2v) is 6.76. The Labute approximate surface area is 119 Å². The molecule has 108 valence electrons. The summed E-state index contributed by atoms with van der Waals surface area (Å²) in [6.45, 7) is 3.65. The number of hydrogen-bond acceptors (Lipinski definition) is 5. The van der Waals surface area contributed by atoms with Crippen molar-refractivity contribution in [1.29, 1.82) is 0 Å². The summed E-state index contributed by atoms with van der Waals surface area (Å²) in [4.78, 5) is 5.79. The van der Waals surface area contributed by atoms with Crippen LogP contribution >= 0.6 is 11.3 Å². The van der Waals surface area contributed by atoms with Crippen LogP contribution in [-0.4, -0.2) is 36.0 Å². The van der Waals surface area contributed by atoms with Crippen LogP contribution in [0.5, 0.6) is 0 Å². The monoisotopic (exact) mass is 284 g/mol. The molecule has 0 aliphatic heterocycles. The molecule has 4 nitrogen and oxygen atoms in total. The number of nitrogens with zero attached hydrogens (tertiary/aromatic N) is 1. The van der Waals surface area contributed by atoms with Gasteiger partial charge in [0.2, 0.25) is 0 Å². The molecule has 0 aromatic carbocycles. The van der Waals surface area contributed by atoms with E-state index in [1.807, 2.05) is 17.5 Å². The Morgan fingerprint density at radius 3 is 2.95 bits per heavy atom. The Hall–Kier alpha value is -0.490. The van der Waals surface area contributed by atoms with E-state index in [2.05, 4.69) is 17.2 Å². The second kappa shape index (κ2) is 6.79. The number of aliphatic hydroxyl groups excluding tert-OH is 1. The number of aromatic nitrogens is 1. The minimum absolute atomic E-state index is 0.170. The van der Waals surface area contributed by atoms with E-state index in [9.17, 15) is 0 Å². The summed E-state index contributed by atoms with van der Waals surface area (Å²) in [6, 6.07) is 0. The van der Waals surface area contributed by atoms with E-state index < -0.39 is 0 Å². The van der Waals surface area contributed by atoms with Gasteiger partial charge in [0.1, 0.15) is 0 Å². The molecule has 1 fully saturated rings. The maximum atomic E-state index is 9.14. The van der Waals surface area contributed by atoms with Gasteiger partial charge in [0.15, 0.2) is 0 Å². The van der Waals surface area contributed by atoms with E-state index in [1.54, 1.807) is 7.11 Å². The first kappa shape index (κ1) is 14.9. The summed E-state index contributed by atoms with van der Waals surface area (Å²) in [5, 5.41) is 13.9. The zero-order valence-corrected chi connectivity index (χ0v) is 12.6. The molecule has 1 heterocycles. The van der Waals surface area contributed by atoms with Gasteiger partial charge in [0, 0.05) is 42.8 Å². The van der Waals surface area contributed by atoms with E-state index in [1.165, 1.54) is 29.1 Å². The summed E-state index contributed by atoms with van der Waals surface area (Å²) in [7, 11) is 1.69. The predicted molar refractivity (Wildman–Crippen MR) is 77.5 cm³/mol. The fourth-order valence-corrected chi connectivity index (χ4v) is 3.35. The van der Waals surface area contributed by atoms with Crippen molar-refractivity contribution >= 4 is 11.3 Å². The molecule has 0 spiro atoms. The predicted octanol–water partition coefficient (Wildman–Crippen LogP) is 2.29. The molecule has 19 heavy (non-hydrogen) atoms. The highest BCUT2D eigenvalue weighted by Crippen LogP contribution is 2.38. The van der Waals surface area contributed by atoms with E-state index in [4.69, 9.17) is 9.84 Å². The zero-order valence-electron chi connectivity index (χ0n) is 11.8. The van der Waals surface area contributed by atoms with Gasteiger partial charge in [-0.3, -0.25) is 0 Å². The molecular weight excluding hydrogens is 260 g/mol. The molecular formula is C14H24N2O2S. The van der Waals surface area contributed by atoms with Crippen molar-refractivity contribution in [3.8, 4) is 0 Å². The highest BCUT2D eigenvalue weighted by atomic mass is 32.1. The van der Waals surface area contributed by atoms with E-state index >= 15 is 0 Å². The number of rotatable bonds is 8. The van der Waals surface area contributed by atoms with E-state index in [0.717, 1.165) is 6.54 Å². The standard InChI is InChI=1S/C14H24N2O2S/c1-14(6-7-17,10-18-2)16-9-12-8-15-13(19-12)11-4-3-5-11/h8,11,16-17H,3-7,9-10H2,1-2H3. The molecule has 1 aromatic rings. The van der Waals surface area contributed by atoms with Gasteiger partial charge >= 0.3 is 0 Å². The van der Waals surface area contributed by atoms with Crippen LogP contribution in [0.4, 0.5) is 0 Å². The van der Waals surface area contributed by atoms with Crippen LogP contribution in [-0.2, 0) is 11.3 Å². The van der Waals surface area contributed by atoms with Crippen molar-refractivity contribution in [1.82, 2.24) is 10.3 Å². The highest BCUT2D eigenvalue weighted by molar-refractivity contribution is 7.11. The summed E-state index contributed by atoms with van der Waals surface area (Å²) in [5.41, 5.74) is -0.176. The number of ether oxygens (including phenoxy) is 1. The van der Waals surface area contributed by atoms with Crippen LogP contribution in [0.3, 0.4) is 0 Å². The molecule has 1 atom stereocenters. The van der Waals surface area contributed by atoms with Crippen LogP contribution in [0.25, 0.3) is 0 Å². The fraction of sp³-hybridized carbons (Fsp3) is 0.786. The minimum Gasteiger partial charge on any atom is -0.396 e. The van der Waals surface area contributed by atoms with Gasteiger partial charge in [-0.1, -0.05) is 6.42 Å². The Morgan fingerprint density at radius 1 is 1.58 bits per heavy atom. The van der Waals surface area contributed by atoms with Crippen molar-refractivity contribution in [3.63, 3.8) is 0 Å². The molecule has 0 radical (unpaired) electrons. The molecule has 1 aliphatic carbocycles. The van der Waals surface area contributed by atoms with Gasteiger partial charge in [-0.2, -0.15) is 0 Å². The molecule has 1 aliphatic rings. The van der Waals surface area contributed by atoms with Crippen LogP contribution in [0.2, 0.25) is 0 Å². The summed E-state index contributed by atoms with van der Waals surface area (Å²) >= 11 is 1.82. The highest BCUT2D eigenvalue weighted by Gasteiger charge is 2.25. The number of aliphatic hydroxyl groups is 1. The normalized spacial score (nSPS) is 19.1. The quantitative estimate of drug-likeness (QED) is 0.769. The Balaban J connectivity index is 1.87. The molecule has 0 amide bonds. The van der Waals surface area contributed by atoms with E-state index in [-0.39, 0.29) is 12.1 Å². The number of methoxy groups -OCH3 is 1. The Kier molecular flexibility index (Phi) is 5.33. The lowest BCUT2D eigenvalue weighted by Crippen LogP contribution is -2.46. The van der Waals surface area contributed by atoms with Crippen LogP contribution in [0.1, 0.15) is 48.4 Å². The first-order valence-electron chi connectivity index (χ1n) is 6.96. The van der Waals surface area contributed by atoms with Crippen molar-refractivity contribution < 1.29 is 9.84 Å². The minimum atomic E-state index is -0.176. The lowest BCUT2D eigenvalue weighted by Gasteiger charge is -2.29. The Morgan fingerprint density at radius 2 is 2.37 bits per heavy atom. The van der Waals surface area contributed by atoms with Gasteiger partial charge in [0.05, 0.1) is 11.6 Å².